The van der Waals surface area contributed by atoms with Gasteiger partial charge in [0.25, 0.3) is 0 Å². The zero-order valence-corrected chi connectivity index (χ0v) is 18.3. The molecule has 1 saturated heterocycles. The minimum atomic E-state index is -0.243. The van der Waals surface area contributed by atoms with Crippen LogP contribution < -0.4 is 4.90 Å². The number of nitrogens with zero attached hydrogens (tertiary/aromatic N) is 4. The monoisotopic (exact) mass is 426 g/mol. The van der Waals surface area contributed by atoms with E-state index in [0.717, 1.165) is 67.2 Å². The van der Waals surface area contributed by atoms with E-state index in [2.05, 4.69) is 11.8 Å². The highest BCUT2D eigenvalue weighted by atomic mass is 19.1. The summed E-state index contributed by atoms with van der Waals surface area (Å²) in [5, 5.41) is 0. The average molecular weight is 427 g/mol. The van der Waals surface area contributed by atoms with Crippen LogP contribution in [0.4, 0.5) is 10.2 Å². The molecule has 4 rings (SSSR count). The summed E-state index contributed by atoms with van der Waals surface area (Å²) in [4.78, 5) is 26.7. The Morgan fingerprint density at radius 2 is 1.87 bits per heavy atom. The molecule has 31 heavy (non-hydrogen) atoms. The van der Waals surface area contributed by atoms with E-state index in [-0.39, 0.29) is 11.7 Å². The van der Waals surface area contributed by atoms with Crippen molar-refractivity contribution in [3.63, 3.8) is 0 Å². The molecule has 3 heterocycles. The molecule has 1 fully saturated rings. The maximum Gasteiger partial charge on any atom is 0.222 e. The maximum absolute atomic E-state index is 13.3. The second-order valence-corrected chi connectivity index (χ2v) is 8.31. The lowest BCUT2D eigenvalue weighted by molar-refractivity contribution is -0.132. The molecule has 2 aliphatic heterocycles. The number of halogens is 1. The Hall–Kier alpha value is -2.54. The van der Waals surface area contributed by atoms with Gasteiger partial charge < -0.3 is 14.5 Å². The average Bonchev–Trinajstić information content (AvgIpc) is 2.80. The van der Waals surface area contributed by atoms with E-state index < -0.39 is 0 Å². The Kier molecular flexibility index (Phi) is 7.12. The number of anilines is 1. The Morgan fingerprint density at radius 3 is 2.61 bits per heavy atom. The summed E-state index contributed by atoms with van der Waals surface area (Å²) in [6.07, 6.45) is 5.06. The molecule has 0 saturated carbocycles. The SMILES string of the molecule is CCCCCC(=O)N1CCc2nc(Cc3ccc(F)cc3)nc(N3CCOCC3)c2C1. The van der Waals surface area contributed by atoms with Crippen molar-refractivity contribution in [1.82, 2.24) is 14.9 Å². The van der Waals surface area contributed by atoms with Gasteiger partial charge in [-0.25, -0.2) is 14.4 Å². The van der Waals surface area contributed by atoms with Crippen molar-refractivity contribution >= 4 is 11.7 Å². The van der Waals surface area contributed by atoms with Gasteiger partial charge in [0.05, 0.1) is 25.5 Å². The lowest BCUT2D eigenvalue weighted by Gasteiger charge is -2.34. The zero-order valence-electron chi connectivity index (χ0n) is 18.3. The number of hydrogen-bond donors (Lipinski definition) is 0. The van der Waals surface area contributed by atoms with E-state index in [4.69, 9.17) is 14.7 Å². The predicted molar refractivity (Wildman–Crippen MR) is 118 cm³/mol. The van der Waals surface area contributed by atoms with E-state index in [1.54, 1.807) is 12.1 Å². The highest BCUT2D eigenvalue weighted by Gasteiger charge is 2.28. The number of ether oxygens (including phenoxy) is 1. The van der Waals surface area contributed by atoms with Crippen LogP contribution in [-0.2, 0) is 28.9 Å². The first kappa shape index (κ1) is 21.7. The molecule has 6 nitrogen and oxygen atoms in total. The molecule has 0 N–H and O–H groups in total. The van der Waals surface area contributed by atoms with E-state index in [0.29, 0.717) is 39.1 Å². The highest BCUT2D eigenvalue weighted by molar-refractivity contribution is 5.76. The number of fused-ring (bicyclic) bond motifs is 1. The third-order valence-electron chi connectivity index (χ3n) is 6.02. The number of carbonyl (C=O) groups is 1. The van der Waals surface area contributed by atoms with Crippen molar-refractivity contribution in [1.29, 1.82) is 0 Å². The summed E-state index contributed by atoms with van der Waals surface area (Å²) < 4.78 is 18.8. The first-order valence-electron chi connectivity index (χ1n) is 11.4. The highest BCUT2D eigenvalue weighted by Crippen LogP contribution is 2.28. The van der Waals surface area contributed by atoms with Gasteiger partial charge in [-0.05, 0) is 24.1 Å². The van der Waals surface area contributed by atoms with E-state index in [1.807, 2.05) is 4.90 Å². The number of morpholine rings is 1. The van der Waals surface area contributed by atoms with Gasteiger partial charge in [0, 0.05) is 44.5 Å². The van der Waals surface area contributed by atoms with Gasteiger partial charge in [0.2, 0.25) is 5.91 Å². The van der Waals surface area contributed by atoms with Crippen LogP contribution in [0.5, 0.6) is 0 Å². The number of rotatable bonds is 7. The third-order valence-corrected chi connectivity index (χ3v) is 6.02. The van der Waals surface area contributed by atoms with Crippen LogP contribution in [0.3, 0.4) is 0 Å². The van der Waals surface area contributed by atoms with Gasteiger partial charge in [0.1, 0.15) is 17.5 Å². The molecular weight excluding hydrogens is 395 g/mol. The maximum atomic E-state index is 13.3. The number of hydrogen-bond acceptors (Lipinski definition) is 5. The van der Waals surface area contributed by atoms with Gasteiger partial charge in [0.15, 0.2) is 0 Å². The number of amides is 1. The van der Waals surface area contributed by atoms with Crippen LogP contribution in [0.2, 0.25) is 0 Å². The fourth-order valence-electron chi connectivity index (χ4n) is 4.24. The summed E-state index contributed by atoms with van der Waals surface area (Å²) >= 11 is 0. The van der Waals surface area contributed by atoms with Crippen LogP contribution in [-0.4, -0.2) is 53.6 Å². The van der Waals surface area contributed by atoms with Gasteiger partial charge in [-0.2, -0.15) is 0 Å². The topological polar surface area (TPSA) is 58.6 Å². The Bertz CT molecular complexity index is 897. The van der Waals surface area contributed by atoms with Crippen molar-refractivity contribution in [2.75, 3.05) is 37.7 Å². The lowest BCUT2D eigenvalue weighted by Crippen LogP contribution is -2.41. The smallest absolute Gasteiger partial charge is 0.222 e. The first-order valence-corrected chi connectivity index (χ1v) is 11.4. The first-order chi connectivity index (χ1) is 15.1. The van der Waals surface area contributed by atoms with Crippen molar-refractivity contribution < 1.29 is 13.9 Å². The van der Waals surface area contributed by atoms with Crippen LogP contribution in [0.15, 0.2) is 24.3 Å². The molecule has 0 aliphatic carbocycles. The Labute approximate surface area is 183 Å². The van der Waals surface area contributed by atoms with Gasteiger partial charge in [-0.1, -0.05) is 31.9 Å². The number of benzene rings is 1. The number of aromatic nitrogens is 2. The van der Waals surface area contributed by atoms with Crippen molar-refractivity contribution in [3.8, 4) is 0 Å². The van der Waals surface area contributed by atoms with Crippen molar-refractivity contribution in [3.05, 3.63) is 52.7 Å². The molecule has 1 aromatic heterocycles. The Morgan fingerprint density at radius 1 is 1.10 bits per heavy atom. The third kappa shape index (κ3) is 5.39. The summed E-state index contributed by atoms with van der Waals surface area (Å²) in [5.41, 5.74) is 3.09. The molecule has 0 spiro atoms. The fraction of sp³-hybridized carbons (Fsp3) is 0.542. The molecule has 166 valence electrons. The van der Waals surface area contributed by atoms with Gasteiger partial charge in [-0.15, -0.1) is 0 Å². The molecule has 0 radical (unpaired) electrons. The standard InChI is InChI=1S/C24H31FN4O2/c1-2-3-4-5-23(30)29-11-10-21-20(17-29)24(28-12-14-31-15-13-28)27-22(26-21)16-18-6-8-19(25)9-7-18/h6-9H,2-5,10-17H2,1H3. The number of carbonyl (C=O) groups excluding carboxylic acids is 1. The molecule has 7 heteroatoms. The molecule has 2 aliphatic rings. The summed E-state index contributed by atoms with van der Waals surface area (Å²) in [6, 6.07) is 6.50. The quantitative estimate of drug-likeness (QED) is 0.634. The van der Waals surface area contributed by atoms with Crippen LogP contribution in [0, 0.1) is 5.82 Å². The van der Waals surface area contributed by atoms with E-state index in [9.17, 15) is 9.18 Å². The molecule has 0 unspecified atom stereocenters. The van der Waals surface area contributed by atoms with Gasteiger partial charge >= 0.3 is 0 Å². The summed E-state index contributed by atoms with van der Waals surface area (Å²) in [5.74, 6) is 1.65. The van der Waals surface area contributed by atoms with E-state index >= 15 is 0 Å². The summed E-state index contributed by atoms with van der Waals surface area (Å²) in [6.45, 7) is 6.33. The zero-order chi connectivity index (χ0) is 21.6. The van der Waals surface area contributed by atoms with Crippen molar-refractivity contribution in [2.45, 2.75) is 52.0 Å². The van der Waals surface area contributed by atoms with Crippen LogP contribution in [0.1, 0.15) is 55.3 Å². The summed E-state index contributed by atoms with van der Waals surface area (Å²) in [7, 11) is 0. The minimum absolute atomic E-state index is 0.224. The molecule has 1 amide bonds. The van der Waals surface area contributed by atoms with E-state index in [1.165, 1.54) is 12.1 Å². The molecule has 1 aromatic carbocycles. The minimum Gasteiger partial charge on any atom is -0.378 e. The Balaban J connectivity index is 1.59. The second kappa shape index (κ2) is 10.2. The van der Waals surface area contributed by atoms with Crippen molar-refractivity contribution in [2.24, 2.45) is 0 Å². The largest absolute Gasteiger partial charge is 0.378 e. The predicted octanol–water partition coefficient (Wildman–Crippen LogP) is 3.51. The molecule has 2 aromatic rings. The lowest BCUT2D eigenvalue weighted by atomic mass is 10.0. The number of unbranched alkanes of at least 4 members (excludes halogenated alkanes) is 2. The normalized spacial score (nSPS) is 16.3. The molecule has 0 bridgehead atoms. The second-order valence-electron chi connectivity index (χ2n) is 8.31. The van der Waals surface area contributed by atoms with Crippen LogP contribution >= 0.6 is 0 Å². The van der Waals surface area contributed by atoms with Crippen LogP contribution in [0.25, 0.3) is 0 Å². The van der Waals surface area contributed by atoms with Gasteiger partial charge in [-0.3, -0.25) is 4.79 Å². The fourth-order valence-corrected chi connectivity index (χ4v) is 4.24. The molecule has 0 atom stereocenters. The molecular formula is C24H31FN4O2.